The van der Waals surface area contributed by atoms with Crippen LogP contribution in [0.3, 0.4) is 0 Å². The third-order valence-electron chi connectivity index (χ3n) is 4.84. The zero-order valence-corrected chi connectivity index (χ0v) is 17.2. The molecule has 0 spiro atoms. The number of esters is 1. The van der Waals surface area contributed by atoms with Crippen LogP contribution >= 0.6 is 15.9 Å². The Labute approximate surface area is 167 Å². The molecule has 0 radical (unpaired) electrons. The first-order valence-electron chi connectivity index (χ1n) is 9.27. The van der Waals surface area contributed by atoms with Gasteiger partial charge in [-0.3, -0.25) is 4.79 Å². The number of ether oxygens (including phenoxy) is 2. The second-order valence-electron chi connectivity index (χ2n) is 6.65. The van der Waals surface area contributed by atoms with E-state index >= 15 is 0 Å². The minimum Gasteiger partial charge on any atom is -0.460 e. The molecular formula is C21H24BrNO4. The van der Waals surface area contributed by atoms with Crippen molar-refractivity contribution in [2.75, 3.05) is 19.8 Å². The molecule has 0 fully saturated rings. The van der Waals surface area contributed by atoms with Crippen molar-refractivity contribution < 1.29 is 19.1 Å². The molecule has 144 valence electrons. The van der Waals surface area contributed by atoms with Gasteiger partial charge in [0.05, 0.1) is 12.2 Å². The van der Waals surface area contributed by atoms with Crippen molar-refractivity contribution in [1.29, 1.82) is 0 Å². The molecule has 1 heterocycles. The summed E-state index contributed by atoms with van der Waals surface area (Å²) in [6, 6.07) is 7.76. The van der Waals surface area contributed by atoms with E-state index in [0.717, 1.165) is 34.3 Å². The predicted molar refractivity (Wildman–Crippen MR) is 106 cm³/mol. The van der Waals surface area contributed by atoms with Crippen LogP contribution in [-0.4, -0.2) is 31.6 Å². The molecule has 0 saturated carbocycles. The summed E-state index contributed by atoms with van der Waals surface area (Å²) in [4.78, 5) is 25.7. The smallest absolute Gasteiger partial charge is 0.336 e. The summed E-state index contributed by atoms with van der Waals surface area (Å²) in [5.41, 5.74) is 3.78. The lowest BCUT2D eigenvalue weighted by Gasteiger charge is -2.34. The minimum absolute atomic E-state index is 0.0980. The van der Waals surface area contributed by atoms with E-state index in [1.807, 2.05) is 38.1 Å². The maximum atomic E-state index is 12.9. The van der Waals surface area contributed by atoms with E-state index in [1.54, 1.807) is 0 Å². The largest absolute Gasteiger partial charge is 0.460 e. The number of dihydropyridines is 1. The van der Waals surface area contributed by atoms with Crippen LogP contribution in [0, 0.1) is 0 Å². The van der Waals surface area contributed by atoms with E-state index in [4.69, 9.17) is 9.47 Å². The molecule has 1 aromatic carbocycles. The molecule has 0 bridgehead atoms. The minimum atomic E-state index is -0.411. The van der Waals surface area contributed by atoms with Crippen LogP contribution in [0.1, 0.15) is 44.6 Å². The first kappa shape index (κ1) is 19.8. The Morgan fingerprint density at radius 1 is 1.30 bits per heavy atom. The highest BCUT2D eigenvalue weighted by molar-refractivity contribution is 9.10. The highest BCUT2D eigenvalue weighted by Gasteiger charge is 2.39. The molecule has 1 aromatic rings. The summed E-state index contributed by atoms with van der Waals surface area (Å²) < 4.78 is 11.6. The quantitative estimate of drug-likeness (QED) is 0.542. The van der Waals surface area contributed by atoms with E-state index in [9.17, 15) is 9.59 Å². The SMILES string of the molecule is CCOCCOC(=O)C1=C(C)NC2=C(C(=O)CCC2)[C@@H]1c1cccc(Br)c1. The molecular weight excluding hydrogens is 410 g/mol. The van der Waals surface area contributed by atoms with Gasteiger partial charge in [-0.15, -0.1) is 0 Å². The molecule has 0 amide bonds. The second kappa shape index (κ2) is 8.85. The number of hydrogen-bond acceptors (Lipinski definition) is 5. The normalized spacial score (nSPS) is 19.7. The molecule has 6 heteroatoms. The number of Topliss-reactive ketones (excluding diaryl/α,β-unsaturated/α-hetero) is 1. The molecule has 1 aliphatic heterocycles. The van der Waals surface area contributed by atoms with Gasteiger partial charge in [0.25, 0.3) is 0 Å². The molecule has 27 heavy (non-hydrogen) atoms. The third-order valence-corrected chi connectivity index (χ3v) is 5.34. The van der Waals surface area contributed by atoms with Crippen LogP contribution in [0.25, 0.3) is 0 Å². The van der Waals surface area contributed by atoms with Crippen LogP contribution in [0.4, 0.5) is 0 Å². The van der Waals surface area contributed by atoms with Crippen LogP contribution in [-0.2, 0) is 19.1 Å². The van der Waals surface area contributed by atoms with Gasteiger partial charge in [-0.2, -0.15) is 0 Å². The summed E-state index contributed by atoms with van der Waals surface area (Å²) in [7, 11) is 0. The lowest BCUT2D eigenvalue weighted by molar-refractivity contribution is -0.140. The first-order chi connectivity index (χ1) is 13.0. The lowest BCUT2D eigenvalue weighted by atomic mass is 9.75. The highest BCUT2D eigenvalue weighted by Crippen LogP contribution is 2.42. The molecule has 5 nitrogen and oxygen atoms in total. The van der Waals surface area contributed by atoms with Crippen molar-refractivity contribution in [3.05, 3.63) is 56.8 Å². The van der Waals surface area contributed by atoms with Gasteiger partial charge >= 0.3 is 5.97 Å². The van der Waals surface area contributed by atoms with Gasteiger partial charge in [0.1, 0.15) is 6.61 Å². The molecule has 1 aliphatic carbocycles. The summed E-state index contributed by atoms with van der Waals surface area (Å²) in [5.74, 6) is -0.721. The van der Waals surface area contributed by atoms with E-state index in [0.29, 0.717) is 30.8 Å². The van der Waals surface area contributed by atoms with Crippen LogP contribution < -0.4 is 5.32 Å². The summed E-state index contributed by atoms with van der Waals surface area (Å²) in [6.45, 7) is 4.88. The fraction of sp³-hybridized carbons (Fsp3) is 0.429. The second-order valence-corrected chi connectivity index (χ2v) is 7.57. The third kappa shape index (κ3) is 4.33. The van der Waals surface area contributed by atoms with Gasteiger partial charge in [0, 0.05) is 40.4 Å². The Hall–Kier alpha value is -1.92. The van der Waals surface area contributed by atoms with Crippen molar-refractivity contribution in [3.63, 3.8) is 0 Å². The number of allylic oxidation sites excluding steroid dienone is 3. The topological polar surface area (TPSA) is 64.6 Å². The highest BCUT2D eigenvalue weighted by atomic mass is 79.9. The average molecular weight is 434 g/mol. The predicted octanol–water partition coefficient (Wildman–Crippen LogP) is 4.00. The fourth-order valence-corrected chi connectivity index (χ4v) is 4.11. The monoisotopic (exact) mass is 433 g/mol. The number of rotatable bonds is 6. The Bertz CT molecular complexity index is 812. The average Bonchev–Trinajstić information content (AvgIpc) is 2.64. The van der Waals surface area contributed by atoms with Gasteiger partial charge in [0.2, 0.25) is 0 Å². The Morgan fingerprint density at radius 2 is 2.11 bits per heavy atom. The number of nitrogens with one attached hydrogen (secondary N) is 1. The number of halogens is 1. The maximum absolute atomic E-state index is 12.9. The molecule has 3 rings (SSSR count). The molecule has 0 aromatic heterocycles. The Kier molecular flexibility index (Phi) is 6.50. The number of benzene rings is 1. The van der Waals surface area contributed by atoms with Gasteiger partial charge in [0.15, 0.2) is 5.78 Å². The van der Waals surface area contributed by atoms with Crippen LogP contribution in [0.2, 0.25) is 0 Å². The van der Waals surface area contributed by atoms with Crippen LogP contribution in [0.15, 0.2) is 51.3 Å². The summed E-state index contributed by atoms with van der Waals surface area (Å²) >= 11 is 3.50. The Balaban J connectivity index is 1.99. The standard InChI is InChI=1S/C21H24BrNO4/c1-3-26-10-11-27-21(25)18-13(2)23-16-8-5-9-17(24)20(16)19(18)14-6-4-7-15(22)12-14/h4,6-7,12,19,23H,3,5,8-11H2,1-2H3/t19-/m1/s1. The molecule has 0 unspecified atom stereocenters. The number of carbonyl (C=O) groups is 2. The van der Waals surface area contributed by atoms with Crippen molar-refractivity contribution in [2.45, 2.75) is 39.0 Å². The fourth-order valence-electron chi connectivity index (χ4n) is 3.69. The lowest BCUT2D eigenvalue weighted by Crippen LogP contribution is -2.34. The van der Waals surface area contributed by atoms with Gasteiger partial charge in [-0.05, 0) is 44.4 Å². The molecule has 1 atom stereocenters. The van der Waals surface area contributed by atoms with E-state index in [-0.39, 0.29) is 12.4 Å². The number of carbonyl (C=O) groups excluding carboxylic acids is 2. The van der Waals surface area contributed by atoms with Gasteiger partial charge in [-0.25, -0.2) is 4.79 Å². The summed E-state index contributed by atoms with van der Waals surface area (Å²) in [5, 5.41) is 3.29. The van der Waals surface area contributed by atoms with Gasteiger partial charge < -0.3 is 14.8 Å². The Morgan fingerprint density at radius 3 is 2.85 bits per heavy atom. The van der Waals surface area contributed by atoms with Crippen molar-refractivity contribution >= 4 is 27.7 Å². The van der Waals surface area contributed by atoms with Crippen molar-refractivity contribution in [2.24, 2.45) is 0 Å². The van der Waals surface area contributed by atoms with E-state index in [1.165, 1.54) is 0 Å². The molecule has 2 aliphatic rings. The van der Waals surface area contributed by atoms with Crippen molar-refractivity contribution in [1.82, 2.24) is 5.32 Å². The number of hydrogen-bond donors (Lipinski definition) is 1. The zero-order valence-electron chi connectivity index (χ0n) is 15.6. The first-order valence-corrected chi connectivity index (χ1v) is 10.1. The van der Waals surface area contributed by atoms with E-state index in [2.05, 4.69) is 21.2 Å². The molecule has 0 saturated heterocycles. The maximum Gasteiger partial charge on any atom is 0.336 e. The van der Waals surface area contributed by atoms with E-state index < -0.39 is 11.9 Å². The van der Waals surface area contributed by atoms with Gasteiger partial charge in [-0.1, -0.05) is 28.1 Å². The summed E-state index contributed by atoms with van der Waals surface area (Å²) in [6.07, 6.45) is 2.16. The van der Waals surface area contributed by atoms with Crippen LogP contribution in [0.5, 0.6) is 0 Å². The van der Waals surface area contributed by atoms with Crippen molar-refractivity contribution in [3.8, 4) is 0 Å². The zero-order chi connectivity index (χ0) is 19.4. The molecule has 1 N–H and O–H groups in total. The number of ketones is 1.